The largest absolute Gasteiger partial charge is 0.465 e. The van der Waals surface area contributed by atoms with Crippen LogP contribution in [0.3, 0.4) is 0 Å². The van der Waals surface area contributed by atoms with Gasteiger partial charge in [-0.15, -0.1) is 0 Å². The number of hydrogen-bond acceptors (Lipinski definition) is 4. The number of ether oxygens (including phenoxy) is 2. The van der Waals surface area contributed by atoms with Crippen molar-refractivity contribution in [1.82, 2.24) is 0 Å². The molecule has 0 amide bonds. The van der Waals surface area contributed by atoms with Gasteiger partial charge in [0.15, 0.2) is 5.92 Å². The molecule has 0 spiro atoms. The molecule has 5 heteroatoms. The van der Waals surface area contributed by atoms with Crippen molar-refractivity contribution in [2.45, 2.75) is 45.1 Å². The van der Waals surface area contributed by atoms with Crippen LogP contribution >= 0.6 is 0 Å². The number of esters is 1. The second-order valence-corrected chi connectivity index (χ2v) is 6.58. The van der Waals surface area contributed by atoms with E-state index in [1.165, 1.54) is 12.1 Å². The summed E-state index contributed by atoms with van der Waals surface area (Å²) in [5.74, 6) is -1.54. The highest BCUT2D eigenvalue weighted by molar-refractivity contribution is 5.77. The van der Waals surface area contributed by atoms with E-state index in [0.717, 1.165) is 5.56 Å². The number of carbonyl (C=O) groups is 1. The van der Waals surface area contributed by atoms with Crippen LogP contribution in [-0.2, 0) is 19.7 Å². The molecule has 24 heavy (non-hydrogen) atoms. The highest BCUT2D eigenvalue weighted by atomic mass is 19.1. The Morgan fingerprint density at radius 1 is 1.46 bits per heavy atom. The molecular formula is C19H24FNO3. The van der Waals surface area contributed by atoms with Crippen molar-refractivity contribution in [3.05, 3.63) is 35.6 Å². The predicted octanol–water partition coefficient (Wildman–Crippen LogP) is 3.60. The Hall–Kier alpha value is -1.93. The van der Waals surface area contributed by atoms with Crippen LogP contribution in [-0.4, -0.2) is 25.3 Å². The lowest BCUT2D eigenvalue weighted by atomic mass is 9.63. The third-order valence-corrected chi connectivity index (χ3v) is 4.81. The highest BCUT2D eigenvalue weighted by Gasteiger charge is 2.49. The Bertz CT molecular complexity index is 608. The van der Waals surface area contributed by atoms with E-state index >= 15 is 0 Å². The average Bonchev–Trinajstić information content (AvgIpc) is 2.56. The molecule has 1 aromatic carbocycles. The summed E-state index contributed by atoms with van der Waals surface area (Å²) in [6.45, 7) is 6.50. The second kappa shape index (κ2) is 7.76. The number of rotatable bonds is 5. The molecule has 3 unspecified atom stereocenters. The topological polar surface area (TPSA) is 59.3 Å². The maximum Gasteiger partial charge on any atom is 0.324 e. The summed E-state index contributed by atoms with van der Waals surface area (Å²) in [4.78, 5) is 12.4. The Kier molecular flexibility index (Phi) is 5.95. The smallest absolute Gasteiger partial charge is 0.324 e. The summed E-state index contributed by atoms with van der Waals surface area (Å²) in [5, 5.41) is 9.72. The van der Waals surface area contributed by atoms with E-state index in [2.05, 4.69) is 19.9 Å². The average molecular weight is 333 g/mol. The zero-order valence-corrected chi connectivity index (χ0v) is 14.4. The number of nitriles is 1. The number of nitrogens with zero attached hydrogens (tertiary/aromatic N) is 1. The monoisotopic (exact) mass is 333 g/mol. The van der Waals surface area contributed by atoms with Gasteiger partial charge in [-0.1, -0.05) is 26.0 Å². The molecule has 0 radical (unpaired) electrons. The lowest BCUT2D eigenvalue weighted by Crippen LogP contribution is -2.48. The third kappa shape index (κ3) is 3.59. The molecule has 1 saturated heterocycles. The van der Waals surface area contributed by atoms with E-state index in [1.54, 1.807) is 19.1 Å². The van der Waals surface area contributed by atoms with Crippen LogP contribution in [0.25, 0.3) is 0 Å². The van der Waals surface area contributed by atoms with Gasteiger partial charge in [-0.2, -0.15) is 5.26 Å². The number of hydrogen-bond donors (Lipinski definition) is 0. The second-order valence-electron chi connectivity index (χ2n) is 6.58. The summed E-state index contributed by atoms with van der Waals surface area (Å²) in [5.41, 5.74) is 0.0690. The zero-order valence-electron chi connectivity index (χ0n) is 14.4. The first-order valence-corrected chi connectivity index (χ1v) is 8.38. The van der Waals surface area contributed by atoms with E-state index in [4.69, 9.17) is 9.47 Å². The van der Waals surface area contributed by atoms with Gasteiger partial charge in [0.1, 0.15) is 5.82 Å². The van der Waals surface area contributed by atoms with Gasteiger partial charge in [0.25, 0.3) is 0 Å². The minimum absolute atomic E-state index is 0.0610. The van der Waals surface area contributed by atoms with Crippen LogP contribution in [0.4, 0.5) is 4.39 Å². The van der Waals surface area contributed by atoms with Gasteiger partial charge in [0, 0.05) is 12.0 Å². The van der Waals surface area contributed by atoms with Crippen LogP contribution < -0.4 is 0 Å². The molecule has 1 heterocycles. The van der Waals surface area contributed by atoms with E-state index < -0.39 is 17.3 Å². The Morgan fingerprint density at radius 2 is 2.12 bits per heavy atom. The maximum atomic E-state index is 13.4. The number of halogens is 1. The van der Waals surface area contributed by atoms with E-state index in [0.29, 0.717) is 19.4 Å². The molecule has 1 aliphatic heterocycles. The maximum absolute atomic E-state index is 13.4. The van der Waals surface area contributed by atoms with Crippen molar-refractivity contribution in [1.29, 1.82) is 5.26 Å². The quantitative estimate of drug-likeness (QED) is 0.773. The highest BCUT2D eigenvalue weighted by Crippen LogP contribution is 2.45. The van der Waals surface area contributed by atoms with Crippen molar-refractivity contribution in [3.63, 3.8) is 0 Å². The molecule has 3 atom stereocenters. The molecule has 130 valence electrons. The van der Waals surface area contributed by atoms with E-state index in [-0.39, 0.29) is 24.4 Å². The summed E-state index contributed by atoms with van der Waals surface area (Å²) in [6.07, 6.45) is 1.00. The van der Waals surface area contributed by atoms with Crippen molar-refractivity contribution in [3.8, 4) is 6.07 Å². The Labute approximate surface area is 142 Å². The molecule has 1 aromatic rings. The molecule has 2 rings (SSSR count). The summed E-state index contributed by atoms with van der Waals surface area (Å²) in [7, 11) is 0. The van der Waals surface area contributed by atoms with Crippen molar-refractivity contribution in [2.24, 2.45) is 11.8 Å². The van der Waals surface area contributed by atoms with Gasteiger partial charge in [-0.25, -0.2) is 4.39 Å². The minimum Gasteiger partial charge on any atom is -0.465 e. The molecule has 0 aromatic heterocycles. The standard InChI is InChI=1S/C19H24FNO3/c1-4-23-18(22)16(12-21)19(14-5-7-15(20)8-6-14)9-10-24-17(11-19)13(2)3/h5-8,13,16-17H,4,9-11H2,1-3H3. The molecule has 0 N–H and O–H groups in total. The molecule has 0 saturated carbocycles. The number of carbonyl (C=O) groups excluding carboxylic acids is 1. The first kappa shape index (κ1) is 18.4. The van der Waals surface area contributed by atoms with Gasteiger partial charge in [0.2, 0.25) is 0 Å². The fraction of sp³-hybridized carbons (Fsp3) is 0.579. The third-order valence-electron chi connectivity index (χ3n) is 4.81. The van der Waals surface area contributed by atoms with Gasteiger partial charge >= 0.3 is 5.97 Å². The van der Waals surface area contributed by atoms with Gasteiger partial charge in [0.05, 0.1) is 18.8 Å². The zero-order chi connectivity index (χ0) is 17.7. The minimum atomic E-state index is -0.937. The summed E-state index contributed by atoms with van der Waals surface area (Å²) >= 11 is 0. The van der Waals surface area contributed by atoms with Gasteiger partial charge in [-0.05, 0) is 43.4 Å². The van der Waals surface area contributed by atoms with Crippen LogP contribution in [0.1, 0.15) is 39.2 Å². The number of benzene rings is 1. The summed E-state index contributed by atoms with van der Waals surface area (Å²) < 4.78 is 24.3. The first-order chi connectivity index (χ1) is 11.4. The van der Waals surface area contributed by atoms with Crippen molar-refractivity contribution >= 4 is 5.97 Å². The van der Waals surface area contributed by atoms with Gasteiger partial charge in [-0.3, -0.25) is 4.79 Å². The van der Waals surface area contributed by atoms with E-state index in [9.17, 15) is 14.4 Å². The van der Waals surface area contributed by atoms with Crippen LogP contribution in [0.15, 0.2) is 24.3 Å². The van der Waals surface area contributed by atoms with Crippen LogP contribution in [0.2, 0.25) is 0 Å². The Morgan fingerprint density at radius 3 is 2.67 bits per heavy atom. The molecule has 1 fully saturated rings. The fourth-order valence-electron chi connectivity index (χ4n) is 3.44. The molecule has 0 bridgehead atoms. The summed E-state index contributed by atoms with van der Waals surface area (Å²) in [6, 6.07) is 8.23. The normalized spacial score (nSPS) is 25.1. The lowest BCUT2D eigenvalue weighted by Gasteiger charge is -2.44. The van der Waals surface area contributed by atoms with Crippen LogP contribution in [0, 0.1) is 29.0 Å². The first-order valence-electron chi connectivity index (χ1n) is 8.38. The fourth-order valence-corrected chi connectivity index (χ4v) is 3.44. The lowest BCUT2D eigenvalue weighted by molar-refractivity contribution is -0.151. The van der Waals surface area contributed by atoms with Crippen molar-refractivity contribution in [2.75, 3.05) is 13.2 Å². The van der Waals surface area contributed by atoms with Gasteiger partial charge < -0.3 is 9.47 Å². The molecule has 4 nitrogen and oxygen atoms in total. The molecule has 1 aliphatic rings. The van der Waals surface area contributed by atoms with E-state index in [1.807, 2.05) is 0 Å². The van der Waals surface area contributed by atoms with Crippen LogP contribution in [0.5, 0.6) is 0 Å². The SMILES string of the molecule is CCOC(=O)C(C#N)C1(c2ccc(F)cc2)CCOC(C(C)C)C1. The predicted molar refractivity (Wildman–Crippen MR) is 87.6 cm³/mol. The van der Waals surface area contributed by atoms with Crippen molar-refractivity contribution < 1.29 is 18.7 Å². The molecule has 0 aliphatic carbocycles. The molecular weight excluding hydrogens is 309 g/mol. The Balaban J connectivity index is 2.50.